The van der Waals surface area contributed by atoms with Crippen LogP contribution in [0, 0.1) is 5.82 Å². The third-order valence-corrected chi connectivity index (χ3v) is 3.40. The van der Waals surface area contributed by atoms with Crippen LogP contribution in [0.5, 0.6) is 5.75 Å². The van der Waals surface area contributed by atoms with E-state index >= 15 is 0 Å². The highest BCUT2D eigenvalue weighted by molar-refractivity contribution is 14.0. The molecule has 1 aromatic heterocycles. The SMILES string of the molecule is CCNC(=NCc1ccco1)NCC(CC)Oc1ccccc1F.I. The Morgan fingerprint density at radius 1 is 1.20 bits per heavy atom. The Morgan fingerprint density at radius 3 is 2.64 bits per heavy atom. The van der Waals surface area contributed by atoms with Gasteiger partial charge in [0.15, 0.2) is 17.5 Å². The summed E-state index contributed by atoms with van der Waals surface area (Å²) in [6.45, 7) is 5.72. The van der Waals surface area contributed by atoms with E-state index in [0.717, 1.165) is 18.7 Å². The Kier molecular flexibility index (Phi) is 9.98. The molecule has 7 heteroatoms. The molecule has 0 radical (unpaired) electrons. The van der Waals surface area contributed by atoms with Crippen molar-refractivity contribution in [2.75, 3.05) is 13.1 Å². The molecule has 1 unspecified atom stereocenters. The molecule has 138 valence electrons. The Balaban J connectivity index is 0.00000312. The first-order valence-electron chi connectivity index (χ1n) is 8.18. The van der Waals surface area contributed by atoms with Crippen LogP contribution in [0.3, 0.4) is 0 Å². The molecule has 0 saturated heterocycles. The van der Waals surface area contributed by atoms with Crippen LogP contribution in [0.4, 0.5) is 4.39 Å². The van der Waals surface area contributed by atoms with E-state index in [2.05, 4.69) is 15.6 Å². The second kappa shape index (κ2) is 11.7. The average Bonchev–Trinajstić information content (AvgIpc) is 3.11. The number of halogens is 2. The number of hydrogen-bond acceptors (Lipinski definition) is 3. The molecule has 0 aliphatic rings. The molecular formula is C18H25FIN3O2. The first-order chi connectivity index (χ1) is 11.7. The minimum atomic E-state index is -0.352. The topological polar surface area (TPSA) is 58.8 Å². The van der Waals surface area contributed by atoms with Gasteiger partial charge in [0.1, 0.15) is 18.4 Å². The van der Waals surface area contributed by atoms with Gasteiger partial charge in [0.25, 0.3) is 0 Å². The zero-order valence-corrected chi connectivity index (χ0v) is 16.8. The third-order valence-electron chi connectivity index (χ3n) is 3.40. The van der Waals surface area contributed by atoms with Gasteiger partial charge in [0.2, 0.25) is 0 Å². The lowest BCUT2D eigenvalue weighted by Crippen LogP contribution is -2.42. The quantitative estimate of drug-likeness (QED) is 0.355. The van der Waals surface area contributed by atoms with Crippen LogP contribution in [0.1, 0.15) is 26.0 Å². The Hall–Kier alpha value is -1.77. The summed E-state index contributed by atoms with van der Waals surface area (Å²) in [6.07, 6.45) is 2.22. The number of guanidine groups is 1. The Bertz CT molecular complexity index is 635. The summed E-state index contributed by atoms with van der Waals surface area (Å²) in [7, 11) is 0. The molecule has 2 rings (SSSR count). The van der Waals surface area contributed by atoms with Gasteiger partial charge < -0.3 is 19.8 Å². The van der Waals surface area contributed by atoms with Crippen molar-refractivity contribution in [3.05, 3.63) is 54.2 Å². The van der Waals surface area contributed by atoms with Crippen LogP contribution in [-0.4, -0.2) is 25.2 Å². The largest absolute Gasteiger partial charge is 0.486 e. The second-order valence-electron chi connectivity index (χ2n) is 5.23. The van der Waals surface area contributed by atoms with E-state index in [-0.39, 0.29) is 41.6 Å². The number of benzene rings is 1. The average molecular weight is 461 g/mol. The maximum Gasteiger partial charge on any atom is 0.191 e. The normalized spacial score (nSPS) is 12.2. The number of para-hydroxylation sites is 1. The van der Waals surface area contributed by atoms with E-state index in [4.69, 9.17) is 9.15 Å². The van der Waals surface area contributed by atoms with E-state index in [9.17, 15) is 4.39 Å². The summed E-state index contributed by atoms with van der Waals surface area (Å²) < 4.78 is 24.7. The lowest BCUT2D eigenvalue weighted by Gasteiger charge is -2.20. The summed E-state index contributed by atoms with van der Waals surface area (Å²) in [4.78, 5) is 4.46. The van der Waals surface area contributed by atoms with Gasteiger partial charge in [0.05, 0.1) is 12.8 Å². The molecule has 2 N–H and O–H groups in total. The molecule has 0 fully saturated rings. The molecule has 25 heavy (non-hydrogen) atoms. The van der Waals surface area contributed by atoms with Crippen LogP contribution in [-0.2, 0) is 6.54 Å². The van der Waals surface area contributed by atoms with Crippen molar-refractivity contribution in [1.29, 1.82) is 0 Å². The van der Waals surface area contributed by atoms with Crippen molar-refractivity contribution in [2.24, 2.45) is 4.99 Å². The van der Waals surface area contributed by atoms with Crippen LogP contribution >= 0.6 is 24.0 Å². The minimum Gasteiger partial charge on any atom is -0.486 e. The highest BCUT2D eigenvalue weighted by Crippen LogP contribution is 2.17. The fourth-order valence-corrected chi connectivity index (χ4v) is 2.10. The Labute approximate surface area is 165 Å². The molecule has 1 aromatic carbocycles. The molecule has 5 nitrogen and oxygen atoms in total. The van der Waals surface area contributed by atoms with Gasteiger partial charge in [-0.25, -0.2) is 9.38 Å². The monoisotopic (exact) mass is 461 g/mol. The summed E-state index contributed by atoms with van der Waals surface area (Å²) in [5, 5.41) is 6.39. The van der Waals surface area contributed by atoms with Crippen LogP contribution in [0.2, 0.25) is 0 Å². The molecule has 0 saturated carbocycles. The maximum atomic E-state index is 13.7. The van der Waals surface area contributed by atoms with Crippen molar-refractivity contribution in [3.63, 3.8) is 0 Å². The third kappa shape index (κ3) is 7.33. The van der Waals surface area contributed by atoms with E-state index in [1.807, 2.05) is 26.0 Å². The predicted octanol–water partition coefficient (Wildman–Crippen LogP) is 3.95. The van der Waals surface area contributed by atoms with E-state index in [1.54, 1.807) is 24.5 Å². The molecule has 1 atom stereocenters. The summed E-state index contributed by atoms with van der Waals surface area (Å²) in [5.74, 6) is 1.38. The highest BCUT2D eigenvalue weighted by atomic mass is 127. The van der Waals surface area contributed by atoms with E-state index in [0.29, 0.717) is 19.0 Å². The van der Waals surface area contributed by atoms with Gasteiger partial charge in [-0.15, -0.1) is 24.0 Å². The lowest BCUT2D eigenvalue weighted by atomic mass is 10.2. The predicted molar refractivity (Wildman–Crippen MR) is 108 cm³/mol. The fraction of sp³-hybridized carbons (Fsp3) is 0.389. The smallest absolute Gasteiger partial charge is 0.191 e. The van der Waals surface area contributed by atoms with E-state index in [1.165, 1.54) is 6.07 Å². The summed E-state index contributed by atoms with van der Waals surface area (Å²) >= 11 is 0. The lowest BCUT2D eigenvalue weighted by molar-refractivity contribution is 0.191. The first-order valence-corrected chi connectivity index (χ1v) is 8.18. The highest BCUT2D eigenvalue weighted by Gasteiger charge is 2.12. The second-order valence-corrected chi connectivity index (χ2v) is 5.23. The van der Waals surface area contributed by atoms with Crippen molar-refractivity contribution < 1.29 is 13.5 Å². The summed E-state index contributed by atoms with van der Waals surface area (Å²) in [6, 6.07) is 10.1. The number of rotatable bonds is 8. The zero-order valence-electron chi connectivity index (χ0n) is 14.5. The molecule has 0 spiro atoms. The molecule has 2 aromatic rings. The number of ether oxygens (including phenoxy) is 1. The molecule has 0 amide bonds. The van der Waals surface area contributed by atoms with Crippen molar-refractivity contribution in [1.82, 2.24) is 10.6 Å². The summed E-state index contributed by atoms with van der Waals surface area (Å²) in [5.41, 5.74) is 0. The maximum absolute atomic E-state index is 13.7. The van der Waals surface area contributed by atoms with Gasteiger partial charge >= 0.3 is 0 Å². The van der Waals surface area contributed by atoms with Crippen molar-refractivity contribution >= 4 is 29.9 Å². The molecule has 0 aliphatic heterocycles. The number of aliphatic imine (C=N–C) groups is 1. The number of hydrogen-bond donors (Lipinski definition) is 2. The van der Waals surface area contributed by atoms with Gasteiger partial charge in [0, 0.05) is 6.54 Å². The number of nitrogens with one attached hydrogen (secondary N) is 2. The van der Waals surface area contributed by atoms with E-state index < -0.39 is 0 Å². The Morgan fingerprint density at radius 2 is 2.00 bits per heavy atom. The minimum absolute atomic E-state index is 0. The van der Waals surface area contributed by atoms with Gasteiger partial charge in [-0.3, -0.25) is 0 Å². The van der Waals surface area contributed by atoms with Gasteiger partial charge in [-0.1, -0.05) is 19.1 Å². The van der Waals surface area contributed by atoms with Crippen molar-refractivity contribution in [3.8, 4) is 5.75 Å². The molecule has 1 heterocycles. The van der Waals surface area contributed by atoms with Crippen molar-refractivity contribution in [2.45, 2.75) is 32.9 Å². The van der Waals surface area contributed by atoms with Crippen LogP contribution < -0.4 is 15.4 Å². The molecule has 0 aliphatic carbocycles. The first kappa shape index (κ1) is 21.3. The molecule has 0 bridgehead atoms. The zero-order chi connectivity index (χ0) is 17.2. The standard InChI is InChI=1S/C18H24FN3O2.HI/c1-3-14(24-17-10-6-5-9-16(17)19)12-21-18(20-4-2)22-13-15-8-7-11-23-15;/h5-11,14H,3-4,12-13H2,1-2H3,(H2,20,21,22);1H. The molecular weight excluding hydrogens is 436 g/mol. The number of nitrogens with zero attached hydrogens (tertiary/aromatic N) is 1. The number of furan rings is 1. The van der Waals surface area contributed by atoms with Crippen LogP contribution in [0.15, 0.2) is 52.1 Å². The van der Waals surface area contributed by atoms with Crippen LogP contribution in [0.25, 0.3) is 0 Å². The fourth-order valence-electron chi connectivity index (χ4n) is 2.10. The van der Waals surface area contributed by atoms with Gasteiger partial charge in [-0.2, -0.15) is 0 Å². The van der Waals surface area contributed by atoms with Gasteiger partial charge in [-0.05, 0) is 37.6 Å².